The Morgan fingerprint density at radius 3 is 2.82 bits per heavy atom. The minimum absolute atomic E-state index is 0.166. The summed E-state index contributed by atoms with van der Waals surface area (Å²) in [6, 6.07) is 18.7. The van der Waals surface area contributed by atoms with E-state index in [2.05, 4.69) is 29.9 Å². The van der Waals surface area contributed by atoms with E-state index in [0.717, 1.165) is 27.7 Å². The molecule has 3 aromatic carbocycles. The Bertz CT molecular complexity index is 1480. The van der Waals surface area contributed by atoms with Gasteiger partial charge in [-0.15, -0.1) is 12.6 Å². The number of likely N-dealkylation sites (tertiary alicyclic amines) is 1. The molecule has 4 aromatic rings. The summed E-state index contributed by atoms with van der Waals surface area (Å²) < 4.78 is 21.0. The number of nitrogens with two attached hydrogens (primary N) is 1. The Balaban J connectivity index is 1.57. The third kappa shape index (κ3) is 5.00. The summed E-state index contributed by atoms with van der Waals surface area (Å²) in [6.07, 6.45) is 2.48. The lowest BCUT2D eigenvalue weighted by Gasteiger charge is -2.32. The van der Waals surface area contributed by atoms with Gasteiger partial charge in [0.15, 0.2) is 0 Å². The van der Waals surface area contributed by atoms with Gasteiger partial charge >= 0.3 is 0 Å². The monoisotopic (exact) mass is 530 g/mol. The van der Waals surface area contributed by atoms with Crippen molar-refractivity contribution in [3.63, 3.8) is 0 Å². The number of nitrogens with zero attached hydrogens (tertiary/aromatic N) is 2. The number of halogens is 1. The molecule has 1 aliphatic heterocycles. The molecule has 0 bridgehead atoms. The predicted molar refractivity (Wildman–Crippen MR) is 152 cm³/mol. The van der Waals surface area contributed by atoms with Crippen molar-refractivity contribution in [3.8, 4) is 5.75 Å². The average molecular weight is 531 g/mol. The molecule has 0 saturated carbocycles. The number of carbonyl (C=O) groups excluding carboxylic acids is 1. The van der Waals surface area contributed by atoms with Crippen molar-refractivity contribution in [3.05, 3.63) is 89.9 Å². The average Bonchev–Trinajstić information content (AvgIpc) is 3.29. The number of rotatable bonds is 7. The zero-order valence-electron chi connectivity index (χ0n) is 21.4. The number of ether oxygens (including phenoxy) is 1. The van der Waals surface area contributed by atoms with Gasteiger partial charge in [0.1, 0.15) is 23.4 Å². The van der Waals surface area contributed by atoms with E-state index in [1.807, 2.05) is 60.4 Å². The quantitative estimate of drug-likeness (QED) is 0.241. The summed E-state index contributed by atoms with van der Waals surface area (Å²) in [4.78, 5) is 21.2. The van der Waals surface area contributed by atoms with Crippen molar-refractivity contribution in [2.24, 2.45) is 5.92 Å². The smallest absolute Gasteiger partial charge is 0.250 e. The second-order valence-electron chi connectivity index (χ2n) is 9.63. The van der Waals surface area contributed by atoms with Crippen LogP contribution in [-0.4, -0.2) is 28.9 Å². The van der Waals surface area contributed by atoms with Gasteiger partial charge in [0, 0.05) is 34.3 Å². The highest BCUT2D eigenvalue weighted by atomic mass is 32.1. The first-order chi connectivity index (χ1) is 18.4. The molecule has 1 fully saturated rings. The van der Waals surface area contributed by atoms with Gasteiger partial charge in [0.05, 0.1) is 12.6 Å². The van der Waals surface area contributed by atoms with Crippen LogP contribution in [0.15, 0.2) is 77.8 Å². The fourth-order valence-electron chi connectivity index (χ4n) is 5.30. The Morgan fingerprint density at radius 1 is 1.21 bits per heavy atom. The molecule has 3 atom stereocenters. The molecule has 2 heterocycles. The lowest BCUT2D eigenvalue weighted by molar-refractivity contribution is -0.133. The van der Waals surface area contributed by atoms with E-state index in [1.54, 1.807) is 18.3 Å². The minimum Gasteiger partial charge on any atom is -0.494 e. The molecular formula is C30H31FN4O2S. The number of nitrogen functional groups attached to an aromatic ring is 1. The molecule has 0 radical (unpaired) electrons. The van der Waals surface area contributed by atoms with Gasteiger partial charge in [0.2, 0.25) is 5.91 Å². The van der Waals surface area contributed by atoms with Crippen LogP contribution in [0.3, 0.4) is 0 Å². The maximum Gasteiger partial charge on any atom is 0.250 e. The first kappa shape index (κ1) is 25.9. The van der Waals surface area contributed by atoms with E-state index in [9.17, 15) is 4.79 Å². The molecule has 0 aliphatic carbocycles. The van der Waals surface area contributed by atoms with E-state index in [1.165, 1.54) is 6.07 Å². The van der Waals surface area contributed by atoms with Crippen LogP contribution in [0.2, 0.25) is 0 Å². The van der Waals surface area contributed by atoms with Crippen LogP contribution in [0.4, 0.5) is 15.9 Å². The van der Waals surface area contributed by atoms with E-state index < -0.39 is 11.9 Å². The van der Waals surface area contributed by atoms with Gasteiger partial charge in [0.25, 0.3) is 0 Å². The highest BCUT2D eigenvalue weighted by Gasteiger charge is 2.40. The molecule has 38 heavy (non-hydrogen) atoms. The maximum atomic E-state index is 15.4. The molecule has 0 unspecified atom stereocenters. The molecule has 5 rings (SSSR count). The number of carbonyl (C=O) groups is 1. The van der Waals surface area contributed by atoms with Crippen LogP contribution >= 0.6 is 12.6 Å². The Labute approximate surface area is 227 Å². The van der Waals surface area contributed by atoms with Crippen molar-refractivity contribution in [2.45, 2.75) is 37.2 Å². The number of amides is 1. The van der Waals surface area contributed by atoms with Gasteiger partial charge in [-0.05, 0) is 78.7 Å². The molecule has 1 saturated heterocycles. The highest BCUT2D eigenvalue weighted by molar-refractivity contribution is 7.80. The molecule has 6 nitrogen and oxygen atoms in total. The number of aromatic nitrogens is 1. The lowest BCUT2D eigenvalue weighted by atomic mass is 9.94. The standard InChI is InChI=1S/C30H31FN4O2S/c1-3-37-21-9-11-25(31)24(17-21)27(34-20-8-10-22-19(16-20)12-14-33-29(22)32)30(36)35-15-13-18(2)28(35)23-6-4-5-7-26(23)38/h4-12,14,16-18,27-28,34,38H,3,13,15H2,1-2H3,(H2,32,33)/t18-,27+,28+/m0/s1. The third-order valence-electron chi connectivity index (χ3n) is 7.18. The minimum atomic E-state index is -0.980. The first-order valence-corrected chi connectivity index (χ1v) is 13.2. The normalized spacial score (nSPS) is 17.9. The zero-order chi connectivity index (χ0) is 26.8. The van der Waals surface area contributed by atoms with Crippen molar-refractivity contribution in [1.82, 2.24) is 9.88 Å². The SMILES string of the molecule is CCOc1ccc(F)c([C@@H](Nc2ccc3c(N)nccc3c2)C(=O)N2CC[C@H](C)[C@@H]2c2ccccc2S)c1. The van der Waals surface area contributed by atoms with Crippen LogP contribution in [0.1, 0.15) is 43.5 Å². The third-order valence-corrected chi connectivity index (χ3v) is 7.59. The van der Waals surface area contributed by atoms with Crippen molar-refractivity contribution in [1.29, 1.82) is 0 Å². The van der Waals surface area contributed by atoms with Crippen LogP contribution in [-0.2, 0) is 4.79 Å². The first-order valence-electron chi connectivity index (χ1n) is 12.8. The highest BCUT2D eigenvalue weighted by Crippen LogP contribution is 2.41. The molecule has 1 amide bonds. The number of anilines is 2. The number of hydrogen-bond acceptors (Lipinski definition) is 6. The summed E-state index contributed by atoms with van der Waals surface area (Å²) in [7, 11) is 0. The maximum absolute atomic E-state index is 15.4. The molecule has 8 heteroatoms. The summed E-state index contributed by atoms with van der Waals surface area (Å²) >= 11 is 4.67. The molecule has 0 spiro atoms. The Morgan fingerprint density at radius 2 is 2.03 bits per heavy atom. The topological polar surface area (TPSA) is 80.5 Å². The Hall–Kier alpha value is -3.78. The van der Waals surface area contributed by atoms with Crippen LogP contribution in [0.25, 0.3) is 10.8 Å². The second-order valence-corrected chi connectivity index (χ2v) is 10.1. The Kier molecular flexibility index (Phi) is 7.42. The van der Waals surface area contributed by atoms with E-state index >= 15 is 4.39 Å². The van der Waals surface area contributed by atoms with E-state index in [0.29, 0.717) is 30.4 Å². The number of fused-ring (bicyclic) bond motifs is 1. The van der Waals surface area contributed by atoms with Crippen molar-refractivity contribution >= 4 is 40.8 Å². The van der Waals surface area contributed by atoms with Crippen LogP contribution in [0.5, 0.6) is 5.75 Å². The molecule has 3 N–H and O–H groups in total. The summed E-state index contributed by atoms with van der Waals surface area (Å²) in [5.41, 5.74) is 7.92. The molecule has 1 aromatic heterocycles. The van der Waals surface area contributed by atoms with Crippen LogP contribution in [0, 0.1) is 11.7 Å². The van der Waals surface area contributed by atoms with Gasteiger partial charge in [-0.3, -0.25) is 4.79 Å². The summed E-state index contributed by atoms with van der Waals surface area (Å²) in [5, 5.41) is 5.01. The number of pyridine rings is 1. The summed E-state index contributed by atoms with van der Waals surface area (Å²) in [6.45, 7) is 5.00. The van der Waals surface area contributed by atoms with E-state index in [4.69, 9.17) is 10.5 Å². The van der Waals surface area contributed by atoms with Crippen molar-refractivity contribution in [2.75, 3.05) is 24.2 Å². The second kappa shape index (κ2) is 10.9. The molecule has 1 aliphatic rings. The zero-order valence-corrected chi connectivity index (χ0v) is 22.3. The van der Waals surface area contributed by atoms with E-state index in [-0.39, 0.29) is 23.4 Å². The van der Waals surface area contributed by atoms with Gasteiger partial charge in [-0.2, -0.15) is 0 Å². The molecular weight excluding hydrogens is 499 g/mol. The fourth-order valence-corrected chi connectivity index (χ4v) is 5.59. The van der Waals surface area contributed by atoms with Gasteiger partial charge in [-0.1, -0.05) is 25.1 Å². The largest absolute Gasteiger partial charge is 0.494 e. The van der Waals surface area contributed by atoms with Gasteiger partial charge in [-0.25, -0.2) is 9.37 Å². The summed E-state index contributed by atoms with van der Waals surface area (Å²) in [5.74, 6) is 0.470. The number of benzene rings is 3. The fraction of sp³-hybridized carbons (Fsp3) is 0.267. The predicted octanol–water partition coefficient (Wildman–Crippen LogP) is 6.41. The number of nitrogens with one attached hydrogen (secondary N) is 1. The number of hydrogen-bond donors (Lipinski definition) is 3. The van der Waals surface area contributed by atoms with Crippen LogP contribution < -0.4 is 15.8 Å². The molecule has 196 valence electrons. The van der Waals surface area contributed by atoms with Gasteiger partial charge < -0.3 is 20.7 Å². The lowest BCUT2D eigenvalue weighted by Crippen LogP contribution is -2.39. The van der Waals surface area contributed by atoms with Crippen molar-refractivity contribution < 1.29 is 13.9 Å². The number of thiol groups is 1.